The molecule has 0 amide bonds. The summed E-state index contributed by atoms with van der Waals surface area (Å²) in [6, 6.07) is 0. The minimum absolute atomic E-state index is 1.42. The highest BCUT2D eigenvalue weighted by atomic mass is 19.2. The molecule has 17 heavy (non-hydrogen) atoms. The summed E-state index contributed by atoms with van der Waals surface area (Å²) in [7, 11) is 0. The maximum Gasteiger partial charge on any atom is 0.372 e. The smallest absolute Gasteiger partial charge is 0.372 e. The molecule has 0 heterocycles. The zero-order valence-corrected chi connectivity index (χ0v) is 7.86. The number of aliphatic carboxylic acids is 1. The zero-order valence-electron chi connectivity index (χ0n) is 7.86. The first-order chi connectivity index (χ1) is 7.77. The average molecular weight is 254 g/mol. The molecule has 92 valence electrons. The monoisotopic (exact) mass is 254 g/mol. The van der Waals surface area contributed by atoms with Gasteiger partial charge in [-0.3, -0.25) is 4.79 Å². The van der Waals surface area contributed by atoms with Gasteiger partial charge < -0.3 is 5.11 Å². The fourth-order valence-electron chi connectivity index (χ4n) is 1.04. The molecule has 8 heteroatoms. The van der Waals surface area contributed by atoms with Crippen molar-refractivity contribution in [2.24, 2.45) is 0 Å². The number of benzene rings is 1. The van der Waals surface area contributed by atoms with Crippen molar-refractivity contribution < 1.29 is 36.6 Å². The van der Waals surface area contributed by atoms with E-state index in [2.05, 4.69) is 0 Å². The van der Waals surface area contributed by atoms with Crippen LogP contribution in [0.25, 0.3) is 0 Å². The Morgan fingerprint density at radius 3 is 1.53 bits per heavy atom. The van der Waals surface area contributed by atoms with Gasteiger partial charge in [0.15, 0.2) is 23.3 Å². The minimum atomic E-state index is -2.37. The standard InChI is InChI=1S/C9H3F5O3/c10-4-2(1-3(15)9(16)17)5(11)7(13)8(14)6(4)12/h1H2,(H,16,17). The normalized spacial score (nSPS) is 10.4. The lowest BCUT2D eigenvalue weighted by molar-refractivity contribution is -0.148. The molecule has 0 atom stereocenters. The molecule has 0 bridgehead atoms. The summed E-state index contributed by atoms with van der Waals surface area (Å²) < 4.78 is 63.8. The molecule has 0 saturated heterocycles. The summed E-state index contributed by atoms with van der Waals surface area (Å²) in [5.74, 6) is -15.0. The Morgan fingerprint density at radius 1 is 0.824 bits per heavy atom. The first kappa shape index (κ1) is 13.1. The Labute approximate surface area is 90.5 Å². The first-order valence-corrected chi connectivity index (χ1v) is 4.03. The number of Topliss-reactive ketones (excluding diaryl/α,β-unsaturated/α-hetero) is 1. The van der Waals surface area contributed by atoms with Crippen LogP contribution in [0.4, 0.5) is 22.0 Å². The van der Waals surface area contributed by atoms with Crippen LogP contribution in [0.3, 0.4) is 0 Å². The first-order valence-electron chi connectivity index (χ1n) is 4.03. The number of hydrogen-bond donors (Lipinski definition) is 1. The lowest BCUT2D eigenvalue weighted by Gasteiger charge is -2.06. The molecule has 1 N–H and O–H groups in total. The molecule has 0 fully saturated rings. The number of carbonyl (C=O) groups is 2. The second-order valence-electron chi connectivity index (χ2n) is 2.95. The number of hydrogen-bond acceptors (Lipinski definition) is 2. The molecule has 0 spiro atoms. The third kappa shape index (κ3) is 2.24. The maximum atomic E-state index is 13.0. The van der Waals surface area contributed by atoms with Crippen LogP contribution in [0, 0.1) is 29.1 Å². The van der Waals surface area contributed by atoms with Gasteiger partial charge in [0.05, 0.1) is 0 Å². The molecule has 0 aliphatic rings. The van der Waals surface area contributed by atoms with Crippen LogP contribution in [-0.2, 0) is 16.0 Å². The Hall–Kier alpha value is -1.99. The van der Waals surface area contributed by atoms with E-state index >= 15 is 0 Å². The molecule has 0 radical (unpaired) electrons. The van der Waals surface area contributed by atoms with Gasteiger partial charge in [-0.25, -0.2) is 26.7 Å². The number of ketones is 1. The van der Waals surface area contributed by atoms with Crippen LogP contribution in [0.2, 0.25) is 0 Å². The summed E-state index contributed by atoms with van der Waals surface area (Å²) in [6.45, 7) is 0. The summed E-state index contributed by atoms with van der Waals surface area (Å²) in [6.07, 6.45) is -1.42. The lowest BCUT2D eigenvalue weighted by atomic mass is 10.1. The molecule has 0 aliphatic heterocycles. The van der Waals surface area contributed by atoms with E-state index in [4.69, 9.17) is 5.11 Å². The fourth-order valence-corrected chi connectivity index (χ4v) is 1.04. The zero-order chi connectivity index (χ0) is 13.3. The molecular weight excluding hydrogens is 251 g/mol. The van der Waals surface area contributed by atoms with Crippen LogP contribution in [0.5, 0.6) is 0 Å². The molecule has 0 saturated carbocycles. The number of rotatable bonds is 3. The highest BCUT2D eigenvalue weighted by molar-refractivity contribution is 6.33. The Bertz CT molecular complexity index is 483. The molecule has 1 aromatic rings. The van der Waals surface area contributed by atoms with Gasteiger partial charge in [-0.2, -0.15) is 0 Å². The Kier molecular flexibility index (Phi) is 3.45. The largest absolute Gasteiger partial charge is 0.475 e. The number of carbonyl (C=O) groups excluding carboxylic acids is 1. The molecule has 0 unspecified atom stereocenters. The van der Waals surface area contributed by atoms with E-state index in [0.717, 1.165) is 0 Å². The summed E-state index contributed by atoms with van der Waals surface area (Å²) in [5, 5.41) is 8.16. The van der Waals surface area contributed by atoms with Crippen LogP contribution in [-0.4, -0.2) is 16.9 Å². The lowest BCUT2D eigenvalue weighted by Crippen LogP contribution is -2.18. The number of carboxylic acid groups (broad SMARTS) is 1. The van der Waals surface area contributed by atoms with E-state index in [9.17, 15) is 31.5 Å². The fraction of sp³-hybridized carbons (Fsp3) is 0.111. The van der Waals surface area contributed by atoms with Gasteiger partial charge in [-0.15, -0.1) is 0 Å². The second-order valence-corrected chi connectivity index (χ2v) is 2.95. The van der Waals surface area contributed by atoms with Crippen molar-refractivity contribution in [3.63, 3.8) is 0 Å². The van der Waals surface area contributed by atoms with Gasteiger partial charge >= 0.3 is 5.97 Å². The van der Waals surface area contributed by atoms with Crippen molar-refractivity contribution in [3.05, 3.63) is 34.6 Å². The Balaban J connectivity index is 3.35. The summed E-state index contributed by atoms with van der Waals surface area (Å²) in [4.78, 5) is 20.8. The van der Waals surface area contributed by atoms with Gasteiger partial charge in [0.25, 0.3) is 0 Å². The minimum Gasteiger partial charge on any atom is -0.475 e. The Morgan fingerprint density at radius 2 is 1.18 bits per heavy atom. The summed E-state index contributed by atoms with van der Waals surface area (Å²) >= 11 is 0. The molecule has 3 nitrogen and oxygen atoms in total. The highest BCUT2D eigenvalue weighted by Crippen LogP contribution is 2.23. The van der Waals surface area contributed by atoms with Crippen LogP contribution >= 0.6 is 0 Å². The average Bonchev–Trinajstić information content (AvgIpc) is 2.29. The third-order valence-corrected chi connectivity index (χ3v) is 1.88. The van der Waals surface area contributed by atoms with Crippen molar-refractivity contribution in [3.8, 4) is 0 Å². The molecular formula is C9H3F5O3. The van der Waals surface area contributed by atoms with Crippen molar-refractivity contribution in [1.29, 1.82) is 0 Å². The van der Waals surface area contributed by atoms with Crippen molar-refractivity contribution in [2.45, 2.75) is 6.42 Å². The molecule has 0 aromatic heterocycles. The van der Waals surface area contributed by atoms with Gasteiger partial charge in [0.2, 0.25) is 11.6 Å². The number of halogens is 5. The predicted octanol–water partition coefficient (Wildman–Crippen LogP) is 1.58. The SMILES string of the molecule is O=C(O)C(=O)Cc1c(F)c(F)c(F)c(F)c1F. The van der Waals surface area contributed by atoms with E-state index < -0.39 is 52.8 Å². The van der Waals surface area contributed by atoms with Gasteiger partial charge in [0, 0.05) is 12.0 Å². The predicted molar refractivity (Wildman–Crippen MR) is 42.6 cm³/mol. The van der Waals surface area contributed by atoms with E-state index in [-0.39, 0.29) is 0 Å². The van der Waals surface area contributed by atoms with Crippen molar-refractivity contribution in [2.75, 3.05) is 0 Å². The van der Waals surface area contributed by atoms with E-state index in [1.807, 2.05) is 0 Å². The number of carboxylic acids is 1. The van der Waals surface area contributed by atoms with Crippen molar-refractivity contribution in [1.82, 2.24) is 0 Å². The van der Waals surface area contributed by atoms with Crippen LogP contribution in [0.15, 0.2) is 0 Å². The van der Waals surface area contributed by atoms with Crippen LogP contribution < -0.4 is 0 Å². The third-order valence-electron chi connectivity index (χ3n) is 1.88. The quantitative estimate of drug-likeness (QED) is 0.385. The van der Waals surface area contributed by atoms with Gasteiger partial charge in [0.1, 0.15) is 0 Å². The molecule has 1 rings (SSSR count). The topological polar surface area (TPSA) is 54.4 Å². The van der Waals surface area contributed by atoms with E-state index in [1.54, 1.807) is 0 Å². The van der Waals surface area contributed by atoms with Gasteiger partial charge in [-0.05, 0) is 0 Å². The molecule has 1 aromatic carbocycles. The van der Waals surface area contributed by atoms with E-state index in [0.29, 0.717) is 0 Å². The highest BCUT2D eigenvalue weighted by Gasteiger charge is 2.28. The van der Waals surface area contributed by atoms with Gasteiger partial charge in [-0.1, -0.05) is 0 Å². The second kappa shape index (κ2) is 4.48. The van der Waals surface area contributed by atoms with Crippen LogP contribution in [0.1, 0.15) is 5.56 Å². The summed E-state index contributed by atoms with van der Waals surface area (Å²) in [5.41, 5.74) is -1.46. The van der Waals surface area contributed by atoms with E-state index in [1.165, 1.54) is 0 Å². The molecule has 0 aliphatic carbocycles. The van der Waals surface area contributed by atoms with Crippen molar-refractivity contribution >= 4 is 11.8 Å². The maximum absolute atomic E-state index is 13.0.